The number of methoxy groups -OCH3 is 4. The number of nitriles is 1. The molecule has 5 unspecified atom stereocenters. The standard InChI is InChI=1S/C24H26FN5O.C23H24FN5O.C14H12ClFN4.C10H15NO.C10H11NO.C9H12O2.CH4.4BrH.In/c1-15(2)21-14-28-30-23(27-11-16(3)17-5-7-20(31-4)8-6-17)10-22(29-24(21)30)18-9-19(25)13-26-12-18;1-14(2)20-13-27-29-22(26-10-15(3)16-4-6-19(30)7-5-16)9-21(28-23(20)29)17-8-18(24)12-25-11-17;1-8(2)11-7-18-20-13(15)4-12(19-14(11)20)9-3-10(16)6-17-5-9;2*1-8(7-11)9-3-5-10(12-2)6-4-9;1-7(10)8-3-5-9(11-2)6-4-8;;;;;;/h5-10,12-16,27H,11H2,1-4H3;4-9,11-15,26,30H,10H2,1-3H3;3-8H,1-2H3;3-6,8H,7,11H2,1-2H3;3-6,8H,1-2H3;3-7,10H,1-2H3;1H4;4*1H;/q;;;;;;;;;;;+3/p-3. The van der Waals surface area contributed by atoms with Gasteiger partial charge in [0.05, 0.1) is 101 Å². The van der Waals surface area contributed by atoms with Crippen molar-refractivity contribution in [2.45, 2.75) is 131 Å². The normalized spacial score (nSPS) is 11.8. The Bertz CT molecular complexity index is 5580. The molecule has 5 atom stereocenters. The summed E-state index contributed by atoms with van der Waals surface area (Å²) in [5.41, 5.74) is 20.0. The van der Waals surface area contributed by atoms with Crippen molar-refractivity contribution in [2.24, 2.45) is 5.73 Å². The van der Waals surface area contributed by atoms with E-state index >= 15 is 0 Å². The zero-order valence-electron chi connectivity index (χ0n) is 70.0. The van der Waals surface area contributed by atoms with Gasteiger partial charge in [0.2, 0.25) is 0 Å². The third-order valence-electron chi connectivity index (χ3n) is 19.1. The van der Waals surface area contributed by atoms with Crippen LogP contribution < -0.4 is 35.3 Å². The zero-order valence-corrected chi connectivity index (χ0v) is 80.5. The summed E-state index contributed by atoms with van der Waals surface area (Å²) < 4.78 is 66.2. The number of aromatic hydroxyl groups is 1. The molecule has 22 nitrogen and oxygen atoms in total. The van der Waals surface area contributed by atoms with E-state index in [1.54, 1.807) is 87.4 Å². The van der Waals surface area contributed by atoms with Gasteiger partial charge in [-0.3, -0.25) is 15.0 Å². The molecule has 6 N–H and O–H groups in total. The van der Waals surface area contributed by atoms with Crippen molar-refractivity contribution < 1.29 is 42.3 Å². The molecule has 0 radical (unpaired) electrons. The van der Waals surface area contributed by atoms with E-state index in [2.05, 4.69) is 175 Å². The molecular weight excluding hydrogens is 1940 g/mol. The number of phenols is 1. The fraction of sp³-hybridized carbons (Fsp3) is 0.297. The number of aliphatic hydroxyl groups is 1. The van der Waals surface area contributed by atoms with Crippen LogP contribution in [0.25, 0.3) is 50.7 Å². The number of rotatable bonds is 22. The van der Waals surface area contributed by atoms with Crippen molar-refractivity contribution >= 4 is 108 Å². The number of fused-ring (bicyclic) bond motifs is 3. The Labute approximate surface area is 753 Å². The van der Waals surface area contributed by atoms with Crippen LogP contribution in [0.3, 0.4) is 0 Å². The van der Waals surface area contributed by atoms with Crippen molar-refractivity contribution in [3.63, 3.8) is 0 Å². The fourth-order valence-corrected chi connectivity index (χ4v) is 12.1. The summed E-state index contributed by atoms with van der Waals surface area (Å²) in [5, 5.41) is 48.0. The molecule has 0 bridgehead atoms. The Hall–Kier alpha value is -9.71. The van der Waals surface area contributed by atoms with Gasteiger partial charge in [0.15, 0.2) is 16.9 Å². The van der Waals surface area contributed by atoms with Crippen molar-refractivity contribution in [1.82, 2.24) is 58.7 Å². The van der Waals surface area contributed by atoms with Crippen LogP contribution in [0, 0.1) is 28.8 Å². The topological polar surface area (TPSA) is 280 Å². The van der Waals surface area contributed by atoms with Gasteiger partial charge in [-0.25, -0.2) is 32.6 Å². The predicted molar refractivity (Wildman–Crippen MR) is 501 cm³/mol. The van der Waals surface area contributed by atoms with E-state index in [4.69, 9.17) is 56.6 Å². The van der Waals surface area contributed by atoms with Gasteiger partial charge in [0.25, 0.3) is 0 Å². The number of anilines is 2. The number of nitrogens with zero attached hydrogens (tertiary/aromatic N) is 13. The number of halogens is 8. The van der Waals surface area contributed by atoms with E-state index in [1.807, 2.05) is 121 Å². The van der Waals surface area contributed by atoms with E-state index in [1.165, 1.54) is 41.7 Å². The summed E-state index contributed by atoms with van der Waals surface area (Å²) in [6, 6.07) is 50.1. The summed E-state index contributed by atoms with van der Waals surface area (Å²) in [6.07, 6.45) is 13.3. The number of benzene rings is 5. The van der Waals surface area contributed by atoms with Crippen molar-refractivity contribution in [1.29, 1.82) is 5.26 Å². The molecule has 0 saturated heterocycles. The second-order valence-electron chi connectivity index (χ2n) is 28.8. The van der Waals surface area contributed by atoms with Crippen LogP contribution in [0.1, 0.15) is 176 Å². The van der Waals surface area contributed by atoms with E-state index < -0.39 is 32.2 Å². The van der Waals surface area contributed by atoms with Gasteiger partial charge in [-0.05, 0) is 163 Å². The number of hydrogen-bond donors (Lipinski definition) is 5. The molecule has 0 aliphatic rings. The number of hydrogen-bond acceptors (Lipinski definition) is 19. The molecule has 0 amide bonds. The summed E-state index contributed by atoms with van der Waals surface area (Å²) in [4.78, 5) is 25.8. The number of pyridine rings is 3. The number of ether oxygens (including phenoxy) is 4. The van der Waals surface area contributed by atoms with Gasteiger partial charge in [-0.1, -0.05) is 142 Å². The average Bonchev–Trinajstić information content (AvgIpc) is 1.61. The first-order valence-corrected chi connectivity index (χ1v) is 61.2. The summed E-state index contributed by atoms with van der Waals surface area (Å²) in [6.45, 7) is 24.5. The predicted octanol–water partition coefficient (Wildman–Crippen LogP) is 23.2. The van der Waals surface area contributed by atoms with Crippen LogP contribution >= 0.6 is 65.5 Å². The number of aliphatic hydroxyl groups excluding tert-OH is 1. The minimum absolute atomic E-state index is 0. The fourth-order valence-electron chi connectivity index (χ4n) is 11.9. The Kier molecular flexibility index (Phi) is 41.6. The Morgan fingerprint density at radius 2 is 0.746 bits per heavy atom. The van der Waals surface area contributed by atoms with E-state index in [-0.39, 0.29) is 71.5 Å². The molecule has 0 aliphatic heterocycles. The van der Waals surface area contributed by atoms with Crippen LogP contribution in [-0.2, 0) is 0 Å². The maximum absolute atomic E-state index is 13.8. The Morgan fingerprint density at radius 1 is 0.451 bits per heavy atom. The number of nitrogens with two attached hydrogens (primary N) is 1. The summed E-state index contributed by atoms with van der Waals surface area (Å²) >= 11 is 15.0. The SMILES string of the molecule is Br.C.CC(C)c1cnn2c(Cl)cc(-c3cncc(F)c3)nc12.CC(C)c1cnn2c(NCC(C)c3ccc(O)cc3)cc(-c3cncc(F)c3)nc12.COc1ccc(C(C)C#N)cc1.COc1ccc(C(C)CN)cc1.COc1ccc(C(C)CNc2cc(-c3cncc(F)c3)nc3c(C(C)C)cnn23)cc1.COc1ccc(C(C)O)cc1.[Br][In]([Br])[Br]. The van der Waals surface area contributed by atoms with Gasteiger partial charge in [0.1, 0.15) is 63.0 Å². The second kappa shape index (κ2) is 50.2. The zero-order chi connectivity index (χ0) is 87.3. The third kappa shape index (κ3) is 29.5. The van der Waals surface area contributed by atoms with E-state index in [0.717, 1.165) is 85.5 Å². The van der Waals surface area contributed by atoms with E-state index in [0.29, 0.717) is 70.1 Å². The Balaban J connectivity index is 0.000000234. The number of phenolic OH excluding ortho intramolecular Hbond substituents is 1. The first-order chi connectivity index (χ1) is 57.5. The molecule has 0 saturated carbocycles. The van der Waals surface area contributed by atoms with Crippen LogP contribution in [0.4, 0.5) is 24.8 Å². The molecule has 14 rings (SSSR count). The number of aromatic nitrogens is 12. The van der Waals surface area contributed by atoms with Crippen LogP contribution in [0.2, 0.25) is 5.15 Å². The second-order valence-corrected chi connectivity index (χ2v) is 73.8. The minimum atomic E-state index is -1.20. The average molecular weight is 2050 g/mol. The van der Waals surface area contributed by atoms with Crippen molar-refractivity contribution in [3.05, 3.63) is 281 Å². The third-order valence-corrected chi connectivity index (χ3v) is 19.4. The maximum atomic E-state index is 13.8. The quantitative estimate of drug-likeness (QED) is 0.0394. The van der Waals surface area contributed by atoms with Gasteiger partial charge in [0, 0.05) is 83.3 Å². The Morgan fingerprint density at radius 3 is 1.05 bits per heavy atom. The molecule has 0 spiro atoms. The van der Waals surface area contributed by atoms with Gasteiger partial charge >= 0.3 is 51.3 Å². The molecule has 0 aliphatic carbocycles. The molecule has 9 aromatic heterocycles. The molecule has 0 fully saturated rings. The summed E-state index contributed by atoms with van der Waals surface area (Å²) in [7, 11) is 6.58. The van der Waals surface area contributed by atoms with Crippen LogP contribution in [-0.4, -0.2) is 131 Å². The first kappa shape index (κ1) is 101. The molecular formula is C91H105Br4ClF3InN16O6. The van der Waals surface area contributed by atoms with Crippen molar-refractivity contribution in [3.8, 4) is 68.6 Å². The summed E-state index contributed by atoms with van der Waals surface area (Å²) in [5.74, 6) is 5.63. The first-order valence-electron chi connectivity index (χ1n) is 38.6. The van der Waals surface area contributed by atoms with Crippen LogP contribution in [0.5, 0.6) is 28.7 Å². The monoisotopic (exact) mass is 2040 g/mol. The molecule has 122 heavy (non-hydrogen) atoms. The van der Waals surface area contributed by atoms with E-state index in [9.17, 15) is 18.3 Å². The molecule has 644 valence electrons. The van der Waals surface area contributed by atoms with Gasteiger partial charge < -0.3 is 45.5 Å². The van der Waals surface area contributed by atoms with Crippen molar-refractivity contribution in [2.75, 3.05) is 58.7 Å². The molecule has 5 aromatic carbocycles. The van der Waals surface area contributed by atoms with Crippen LogP contribution in [0.15, 0.2) is 213 Å². The van der Waals surface area contributed by atoms with Gasteiger partial charge in [-0.2, -0.15) is 29.6 Å². The molecule has 14 aromatic rings. The van der Waals surface area contributed by atoms with Gasteiger partial charge in [-0.15, -0.1) is 17.0 Å². The molecule has 31 heteroatoms. The number of nitrogens with one attached hydrogen (secondary N) is 2. The molecule has 9 heterocycles.